The number of carbonyl (C=O) groups is 1. The third-order valence-electron chi connectivity index (χ3n) is 3.59. The molecular weight excluding hydrogens is 350 g/mol. The number of hydrogen-bond acceptors (Lipinski definition) is 3. The molecule has 21 heavy (non-hydrogen) atoms. The molecule has 0 spiro atoms. The molecule has 0 bridgehead atoms. The number of benzene rings is 1. The third-order valence-corrected chi connectivity index (χ3v) is 4.21. The lowest BCUT2D eigenvalue weighted by Crippen LogP contribution is -2.46. The quantitative estimate of drug-likeness (QED) is 0.777. The first-order valence-corrected chi connectivity index (χ1v) is 8.27. The highest BCUT2D eigenvalue weighted by Gasteiger charge is 2.20. The van der Waals surface area contributed by atoms with Gasteiger partial charge in [-0.15, -0.1) is 0 Å². The lowest BCUT2D eigenvalue weighted by molar-refractivity contribution is -0.121. The standard InChI is InChI=1S/C15H20BrN3OS/c16-12-3-1-2-11(8-12)9-15(20)18-13-4-6-19(7-5-13)10-14(17)21/h1-3,8,13H,4-7,9-10H2,(H2,17,21)(H,18,20). The summed E-state index contributed by atoms with van der Waals surface area (Å²) in [6.07, 6.45) is 2.33. The number of nitrogens with two attached hydrogens (primary N) is 1. The molecule has 0 unspecified atom stereocenters. The lowest BCUT2D eigenvalue weighted by atomic mass is 10.0. The number of carbonyl (C=O) groups excluding carboxylic acids is 1. The van der Waals surface area contributed by atoms with Crippen LogP contribution in [0.2, 0.25) is 0 Å². The van der Waals surface area contributed by atoms with Crippen LogP contribution in [0.1, 0.15) is 18.4 Å². The van der Waals surface area contributed by atoms with Gasteiger partial charge in [-0.3, -0.25) is 9.69 Å². The molecule has 3 N–H and O–H groups in total. The molecule has 1 aliphatic rings. The summed E-state index contributed by atoms with van der Waals surface area (Å²) in [6.45, 7) is 2.53. The summed E-state index contributed by atoms with van der Waals surface area (Å²) < 4.78 is 0.999. The van der Waals surface area contributed by atoms with E-state index in [0.29, 0.717) is 18.0 Å². The van der Waals surface area contributed by atoms with Gasteiger partial charge in [0.1, 0.15) is 0 Å². The number of piperidine rings is 1. The second-order valence-corrected chi connectivity index (χ2v) is 6.83. The fourth-order valence-electron chi connectivity index (χ4n) is 2.57. The van der Waals surface area contributed by atoms with E-state index in [1.165, 1.54) is 0 Å². The highest BCUT2D eigenvalue weighted by atomic mass is 79.9. The highest BCUT2D eigenvalue weighted by molar-refractivity contribution is 9.10. The predicted octanol–water partition coefficient (Wildman–Crippen LogP) is 1.86. The Bertz CT molecular complexity index is 515. The van der Waals surface area contributed by atoms with Crippen LogP contribution >= 0.6 is 28.1 Å². The first kappa shape index (κ1) is 16.4. The Balaban J connectivity index is 1.75. The summed E-state index contributed by atoms with van der Waals surface area (Å²) in [7, 11) is 0. The smallest absolute Gasteiger partial charge is 0.224 e. The molecular formula is C15H20BrN3OS. The lowest BCUT2D eigenvalue weighted by Gasteiger charge is -2.32. The van der Waals surface area contributed by atoms with Crippen LogP contribution in [0.25, 0.3) is 0 Å². The molecule has 1 amide bonds. The van der Waals surface area contributed by atoms with Crippen LogP contribution in [0, 0.1) is 0 Å². The molecule has 6 heteroatoms. The van der Waals surface area contributed by atoms with Crippen molar-refractivity contribution in [3.63, 3.8) is 0 Å². The van der Waals surface area contributed by atoms with Crippen LogP contribution in [-0.4, -0.2) is 41.5 Å². The van der Waals surface area contributed by atoms with Gasteiger partial charge in [0.15, 0.2) is 0 Å². The molecule has 4 nitrogen and oxygen atoms in total. The van der Waals surface area contributed by atoms with Crippen LogP contribution < -0.4 is 11.1 Å². The van der Waals surface area contributed by atoms with Crippen LogP contribution in [0.3, 0.4) is 0 Å². The van der Waals surface area contributed by atoms with E-state index in [4.69, 9.17) is 18.0 Å². The Kier molecular flexibility index (Phi) is 6.14. The number of likely N-dealkylation sites (tertiary alicyclic amines) is 1. The number of thiocarbonyl (C=S) groups is 1. The summed E-state index contributed by atoms with van der Waals surface area (Å²) in [6, 6.07) is 8.10. The van der Waals surface area contributed by atoms with Gasteiger partial charge in [-0.1, -0.05) is 40.3 Å². The minimum atomic E-state index is 0.0842. The minimum absolute atomic E-state index is 0.0842. The Morgan fingerprint density at radius 1 is 1.43 bits per heavy atom. The molecule has 1 aromatic carbocycles. The second kappa shape index (κ2) is 7.87. The first-order chi connectivity index (χ1) is 10.0. The molecule has 1 heterocycles. The molecule has 0 atom stereocenters. The molecule has 1 aromatic rings. The molecule has 0 aromatic heterocycles. The largest absolute Gasteiger partial charge is 0.392 e. The topological polar surface area (TPSA) is 58.4 Å². The number of nitrogens with zero attached hydrogens (tertiary/aromatic N) is 1. The van der Waals surface area contributed by atoms with Crippen molar-refractivity contribution in [3.05, 3.63) is 34.3 Å². The van der Waals surface area contributed by atoms with Crippen LogP contribution in [-0.2, 0) is 11.2 Å². The molecule has 2 rings (SSSR count). The summed E-state index contributed by atoms with van der Waals surface area (Å²) in [5.41, 5.74) is 6.57. The van der Waals surface area contributed by atoms with Crippen molar-refractivity contribution in [1.29, 1.82) is 0 Å². The van der Waals surface area contributed by atoms with Gasteiger partial charge in [0.05, 0.1) is 11.4 Å². The summed E-state index contributed by atoms with van der Waals surface area (Å²) >= 11 is 8.34. The van der Waals surface area contributed by atoms with Crippen LogP contribution in [0.4, 0.5) is 0 Å². The highest BCUT2D eigenvalue weighted by Crippen LogP contribution is 2.13. The maximum absolute atomic E-state index is 12.1. The Morgan fingerprint density at radius 3 is 2.76 bits per heavy atom. The normalized spacial score (nSPS) is 16.6. The Labute approximate surface area is 139 Å². The molecule has 0 saturated carbocycles. The Morgan fingerprint density at radius 2 is 2.14 bits per heavy atom. The monoisotopic (exact) mass is 369 g/mol. The summed E-state index contributed by atoms with van der Waals surface area (Å²) in [4.78, 5) is 14.8. The number of nitrogens with one attached hydrogen (secondary N) is 1. The maximum atomic E-state index is 12.1. The van der Waals surface area contributed by atoms with Crippen LogP contribution in [0.5, 0.6) is 0 Å². The third kappa shape index (κ3) is 5.73. The van der Waals surface area contributed by atoms with E-state index in [0.717, 1.165) is 36.0 Å². The zero-order chi connectivity index (χ0) is 15.2. The van der Waals surface area contributed by atoms with Gasteiger partial charge < -0.3 is 11.1 Å². The van der Waals surface area contributed by atoms with Gasteiger partial charge >= 0.3 is 0 Å². The van der Waals surface area contributed by atoms with Crippen molar-refractivity contribution >= 4 is 39.0 Å². The number of amides is 1. The zero-order valence-electron chi connectivity index (χ0n) is 11.8. The minimum Gasteiger partial charge on any atom is -0.392 e. The van der Waals surface area contributed by atoms with Gasteiger partial charge in [0.2, 0.25) is 5.91 Å². The van der Waals surface area contributed by atoms with Crippen molar-refractivity contribution in [2.24, 2.45) is 5.73 Å². The second-order valence-electron chi connectivity index (χ2n) is 5.39. The number of rotatable bonds is 5. The van der Waals surface area contributed by atoms with Gasteiger partial charge in [0.25, 0.3) is 0 Å². The van der Waals surface area contributed by atoms with E-state index in [-0.39, 0.29) is 11.9 Å². The predicted molar refractivity (Wildman–Crippen MR) is 92.2 cm³/mol. The zero-order valence-corrected chi connectivity index (χ0v) is 14.3. The Hall–Kier alpha value is -0.980. The average Bonchev–Trinajstić information content (AvgIpc) is 2.40. The first-order valence-electron chi connectivity index (χ1n) is 7.07. The molecule has 114 valence electrons. The van der Waals surface area contributed by atoms with Crippen molar-refractivity contribution < 1.29 is 4.79 Å². The maximum Gasteiger partial charge on any atom is 0.224 e. The summed E-state index contributed by atoms with van der Waals surface area (Å²) in [5, 5.41) is 3.12. The number of hydrogen-bond donors (Lipinski definition) is 2. The summed E-state index contributed by atoms with van der Waals surface area (Å²) in [5.74, 6) is 0.0842. The van der Waals surface area contributed by atoms with Crippen molar-refractivity contribution in [2.75, 3.05) is 19.6 Å². The van der Waals surface area contributed by atoms with E-state index in [2.05, 4.69) is 26.1 Å². The van der Waals surface area contributed by atoms with Crippen molar-refractivity contribution in [1.82, 2.24) is 10.2 Å². The molecule has 0 aliphatic carbocycles. The van der Waals surface area contributed by atoms with E-state index >= 15 is 0 Å². The van der Waals surface area contributed by atoms with Gasteiger partial charge in [-0.05, 0) is 30.5 Å². The molecule has 1 fully saturated rings. The van der Waals surface area contributed by atoms with Gasteiger partial charge in [-0.25, -0.2) is 0 Å². The fourth-order valence-corrected chi connectivity index (χ4v) is 3.20. The van der Waals surface area contributed by atoms with E-state index in [1.54, 1.807) is 0 Å². The SMILES string of the molecule is NC(=S)CN1CCC(NC(=O)Cc2cccc(Br)c2)CC1. The number of halogens is 1. The van der Waals surface area contributed by atoms with Gasteiger partial charge in [0, 0.05) is 30.1 Å². The molecule has 1 saturated heterocycles. The average molecular weight is 370 g/mol. The van der Waals surface area contributed by atoms with E-state index in [9.17, 15) is 4.79 Å². The van der Waals surface area contributed by atoms with Crippen molar-refractivity contribution in [3.8, 4) is 0 Å². The van der Waals surface area contributed by atoms with Crippen LogP contribution in [0.15, 0.2) is 28.7 Å². The molecule has 1 aliphatic heterocycles. The van der Waals surface area contributed by atoms with Gasteiger partial charge in [-0.2, -0.15) is 0 Å². The fraction of sp³-hybridized carbons (Fsp3) is 0.467. The van der Waals surface area contributed by atoms with E-state index < -0.39 is 0 Å². The van der Waals surface area contributed by atoms with E-state index in [1.807, 2.05) is 24.3 Å². The van der Waals surface area contributed by atoms with Crippen molar-refractivity contribution in [2.45, 2.75) is 25.3 Å². The molecule has 0 radical (unpaired) electrons.